The third-order valence-corrected chi connectivity index (χ3v) is 9.06. The van der Waals surface area contributed by atoms with E-state index >= 15 is 0 Å². The van der Waals surface area contributed by atoms with Crippen molar-refractivity contribution in [1.82, 2.24) is 0 Å². The number of aliphatic carboxylic acids is 1. The molecule has 0 fully saturated rings. The van der Waals surface area contributed by atoms with Crippen LogP contribution in [-0.2, 0) is 30.5 Å². The number of rotatable bonds is 6. The number of benzene rings is 2. The number of anilines is 2. The molecule has 7 rings (SSSR count). The molecule has 0 amide bonds. The van der Waals surface area contributed by atoms with Gasteiger partial charge in [0.15, 0.2) is 0 Å². The van der Waals surface area contributed by atoms with E-state index in [1.165, 1.54) is 75.4 Å². The van der Waals surface area contributed by atoms with Crippen molar-refractivity contribution >= 4 is 39.3 Å². The van der Waals surface area contributed by atoms with Crippen LogP contribution in [0.25, 0.3) is 21.9 Å². The van der Waals surface area contributed by atoms with Crippen molar-refractivity contribution < 1.29 is 19.3 Å². The average molecular weight is 501 g/mol. The molecule has 0 bridgehead atoms. The zero-order valence-electron chi connectivity index (χ0n) is 21.8. The molecule has 5 heterocycles. The van der Waals surface area contributed by atoms with Crippen molar-refractivity contribution in [1.29, 1.82) is 0 Å². The summed E-state index contributed by atoms with van der Waals surface area (Å²) in [7, 11) is 0. The average Bonchev–Trinajstić information content (AvgIpc) is 2.91. The van der Waals surface area contributed by atoms with Gasteiger partial charge in [-0.1, -0.05) is 0 Å². The van der Waals surface area contributed by atoms with Gasteiger partial charge in [0.25, 0.3) is 0 Å². The number of nitrogens with one attached hydrogen (secondary N) is 1. The number of fused-ring (bicyclic) bond motifs is 4. The van der Waals surface area contributed by atoms with Gasteiger partial charge in [-0.05, 0) is 87.5 Å². The Morgan fingerprint density at radius 2 is 1.32 bits per heavy atom. The molecule has 4 aliphatic heterocycles. The highest BCUT2D eigenvalue weighted by atomic mass is 16.4. The van der Waals surface area contributed by atoms with Crippen LogP contribution in [0.1, 0.15) is 73.6 Å². The van der Waals surface area contributed by atoms with E-state index < -0.39 is 5.97 Å². The smallest absolute Gasteiger partial charge is 0.303 e. The van der Waals surface area contributed by atoms with Crippen LogP contribution >= 0.6 is 0 Å². The van der Waals surface area contributed by atoms with Crippen LogP contribution in [-0.4, -0.2) is 43.8 Å². The van der Waals surface area contributed by atoms with E-state index in [4.69, 9.17) is 9.52 Å². The predicted molar refractivity (Wildman–Crippen MR) is 146 cm³/mol. The molecule has 2 aromatic carbocycles. The summed E-state index contributed by atoms with van der Waals surface area (Å²) in [4.78, 5) is 20.0. The van der Waals surface area contributed by atoms with Crippen LogP contribution in [0.2, 0.25) is 0 Å². The minimum Gasteiger partial charge on any atom is -0.481 e. The van der Waals surface area contributed by atoms with E-state index in [1.54, 1.807) is 0 Å². The Kier molecular flexibility index (Phi) is 5.86. The number of carbonyl (C=O) groups is 1. The first kappa shape index (κ1) is 23.1. The number of carboxylic acids is 1. The summed E-state index contributed by atoms with van der Waals surface area (Å²) in [6, 6.07) is 4.86. The molecule has 0 atom stereocenters. The van der Waals surface area contributed by atoms with Crippen molar-refractivity contribution in [3.8, 4) is 0 Å². The summed E-state index contributed by atoms with van der Waals surface area (Å²) in [6.45, 7) is 5.50. The van der Waals surface area contributed by atoms with Crippen molar-refractivity contribution in [2.75, 3.05) is 42.5 Å². The van der Waals surface area contributed by atoms with Crippen LogP contribution in [0, 0.1) is 0 Å². The number of nitrogens with zero attached hydrogens (tertiary/aromatic N) is 2. The highest BCUT2D eigenvalue weighted by Crippen LogP contribution is 2.43. The Labute approximate surface area is 218 Å². The molecule has 1 aromatic heterocycles. The summed E-state index contributed by atoms with van der Waals surface area (Å²) in [5.41, 5.74) is 10.9. The first-order valence-electron chi connectivity index (χ1n) is 14.6. The molecule has 194 valence electrons. The fourth-order valence-corrected chi connectivity index (χ4v) is 7.50. The largest absolute Gasteiger partial charge is 0.481 e. The van der Waals surface area contributed by atoms with Gasteiger partial charge < -0.3 is 19.3 Å². The number of aryl methyl sites for hydroxylation is 4. The molecule has 0 spiro atoms. The fourth-order valence-electron chi connectivity index (χ4n) is 7.50. The lowest BCUT2D eigenvalue weighted by atomic mass is 9.87. The van der Waals surface area contributed by atoms with Gasteiger partial charge >= 0.3 is 5.97 Å². The predicted octanol–water partition coefficient (Wildman–Crippen LogP) is 3.61. The van der Waals surface area contributed by atoms with E-state index in [0.29, 0.717) is 0 Å². The SMILES string of the molecule is O=C(O)CCCCC[NH+]=c1c2cc3c4c(c2oc2c5c6c(cc12)CCCN6CCC5)CCCN4CCC3. The van der Waals surface area contributed by atoms with Crippen LogP contribution in [0.15, 0.2) is 16.5 Å². The van der Waals surface area contributed by atoms with Gasteiger partial charge in [0.1, 0.15) is 17.7 Å². The van der Waals surface area contributed by atoms with E-state index in [-0.39, 0.29) is 6.42 Å². The molecule has 0 aliphatic carbocycles. The molecule has 0 unspecified atom stereocenters. The molecular weight excluding hydrogens is 462 g/mol. The standard InChI is InChI=1S/C31H37N3O3/c35-26(36)12-2-1-3-13-32-27-24-18-20-8-4-14-33-16-6-10-22(28(20)33)30(24)37-31-23-11-7-17-34-15-5-9-21(29(23)34)19-25(27)31/h18-19H,1-17H2,(H,35,36)/p+1. The molecule has 3 aromatic rings. The lowest BCUT2D eigenvalue weighted by molar-refractivity contribution is -0.498. The van der Waals surface area contributed by atoms with Crippen molar-refractivity contribution in [3.05, 3.63) is 39.7 Å². The molecule has 0 saturated heterocycles. The van der Waals surface area contributed by atoms with Crippen LogP contribution in [0.3, 0.4) is 0 Å². The molecule has 6 heteroatoms. The van der Waals surface area contributed by atoms with Gasteiger partial charge in [0, 0.05) is 61.5 Å². The van der Waals surface area contributed by atoms with Gasteiger partial charge in [0.2, 0.25) is 5.36 Å². The first-order chi connectivity index (χ1) is 18.2. The zero-order valence-corrected chi connectivity index (χ0v) is 21.8. The molecule has 4 aliphatic rings. The fraction of sp³-hybridized carbons (Fsp3) is 0.548. The Morgan fingerprint density at radius 1 is 0.784 bits per heavy atom. The Balaban J connectivity index is 1.45. The van der Waals surface area contributed by atoms with Crippen molar-refractivity contribution in [3.63, 3.8) is 0 Å². The van der Waals surface area contributed by atoms with Gasteiger partial charge in [-0.25, -0.2) is 4.99 Å². The van der Waals surface area contributed by atoms with Gasteiger partial charge in [-0.15, -0.1) is 0 Å². The first-order valence-corrected chi connectivity index (χ1v) is 14.6. The van der Waals surface area contributed by atoms with E-state index in [1.807, 2.05) is 0 Å². The summed E-state index contributed by atoms with van der Waals surface area (Å²) in [6.07, 6.45) is 12.2. The maximum atomic E-state index is 10.9. The lowest BCUT2D eigenvalue weighted by Gasteiger charge is -2.38. The second kappa shape index (κ2) is 9.38. The number of hydrogen-bond donors (Lipinski definition) is 2. The van der Waals surface area contributed by atoms with Crippen molar-refractivity contribution in [2.24, 2.45) is 0 Å². The summed E-state index contributed by atoms with van der Waals surface area (Å²) >= 11 is 0. The zero-order chi connectivity index (χ0) is 24.9. The topological polar surface area (TPSA) is 70.9 Å². The normalized spacial score (nSPS) is 18.2. The quantitative estimate of drug-likeness (QED) is 0.400. The maximum absolute atomic E-state index is 10.9. The lowest BCUT2D eigenvalue weighted by Crippen LogP contribution is -2.76. The van der Waals surface area contributed by atoms with Crippen LogP contribution < -0.4 is 20.1 Å². The van der Waals surface area contributed by atoms with Crippen molar-refractivity contribution in [2.45, 2.75) is 77.0 Å². The molecule has 0 radical (unpaired) electrons. The Morgan fingerprint density at radius 3 is 1.86 bits per heavy atom. The summed E-state index contributed by atoms with van der Waals surface area (Å²) in [5.74, 6) is -0.699. The minimum atomic E-state index is -0.699. The van der Waals surface area contributed by atoms with E-state index in [2.05, 4.69) is 26.9 Å². The second-order valence-electron chi connectivity index (χ2n) is 11.5. The number of carboxylic acid groups (broad SMARTS) is 1. The van der Waals surface area contributed by atoms with Crippen LogP contribution in [0.5, 0.6) is 0 Å². The second-order valence-corrected chi connectivity index (χ2v) is 11.5. The molecule has 2 N–H and O–H groups in total. The highest BCUT2D eigenvalue weighted by molar-refractivity contribution is 5.97. The molecule has 6 nitrogen and oxygen atoms in total. The number of unbranched alkanes of at least 4 members (excludes halogenated alkanes) is 2. The van der Waals surface area contributed by atoms with Crippen LogP contribution in [0.4, 0.5) is 11.4 Å². The van der Waals surface area contributed by atoms with E-state index in [9.17, 15) is 4.79 Å². The van der Waals surface area contributed by atoms with Gasteiger partial charge in [0.05, 0.1) is 10.8 Å². The molecule has 0 saturated carbocycles. The summed E-state index contributed by atoms with van der Waals surface area (Å²) < 4.78 is 7.04. The monoisotopic (exact) mass is 500 g/mol. The Hall–Kier alpha value is -3.02. The van der Waals surface area contributed by atoms with Gasteiger partial charge in [-0.2, -0.15) is 0 Å². The third kappa shape index (κ3) is 3.91. The minimum absolute atomic E-state index is 0.258. The summed E-state index contributed by atoms with van der Waals surface area (Å²) in [5, 5.41) is 12.7. The van der Waals surface area contributed by atoms with Gasteiger partial charge in [-0.3, -0.25) is 4.79 Å². The Bertz CT molecular complexity index is 1370. The molecular formula is C31H38N3O3+. The highest BCUT2D eigenvalue weighted by Gasteiger charge is 2.31. The maximum Gasteiger partial charge on any atom is 0.303 e. The number of hydrogen-bond acceptors (Lipinski definition) is 4. The third-order valence-electron chi connectivity index (χ3n) is 9.06. The van der Waals surface area contributed by atoms with E-state index in [0.717, 1.165) is 88.8 Å². The molecule has 37 heavy (non-hydrogen) atoms.